The van der Waals surface area contributed by atoms with Gasteiger partial charge in [-0.25, -0.2) is 4.98 Å². The number of likely N-dealkylation sites (tertiary alicyclic amines) is 1. The second-order valence-electron chi connectivity index (χ2n) is 9.01. The number of benzene rings is 2. The topological polar surface area (TPSA) is 100 Å². The predicted molar refractivity (Wildman–Crippen MR) is 140 cm³/mol. The van der Waals surface area contributed by atoms with Crippen LogP contribution in [-0.2, 0) is 4.79 Å². The minimum atomic E-state index is -0.525. The van der Waals surface area contributed by atoms with E-state index in [2.05, 4.69) is 27.8 Å². The van der Waals surface area contributed by atoms with E-state index in [0.717, 1.165) is 37.2 Å². The van der Waals surface area contributed by atoms with Crippen molar-refractivity contribution in [3.05, 3.63) is 83.6 Å². The first-order valence-corrected chi connectivity index (χ1v) is 12.2. The molecule has 0 spiro atoms. The van der Waals surface area contributed by atoms with Gasteiger partial charge in [-0.15, -0.1) is 0 Å². The fraction of sp³-hybridized carbons (Fsp3) is 0.321. The highest BCUT2D eigenvalue weighted by Gasteiger charge is 2.23. The lowest BCUT2D eigenvalue weighted by Gasteiger charge is -2.32. The molecular weight excluding hydrogens is 438 g/mol. The van der Waals surface area contributed by atoms with Gasteiger partial charge in [-0.3, -0.25) is 9.59 Å². The van der Waals surface area contributed by atoms with Crippen LogP contribution in [0.2, 0.25) is 0 Å². The highest BCUT2D eigenvalue weighted by Crippen LogP contribution is 2.30. The van der Waals surface area contributed by atoms with Crippen molar-refractivity contribution in [2.24, 2.45) is 5.73 Å². The largest absolute Gasteiger partial charge is 0.378 e. The Kier molecular flexibility index (Phi) is 7.65. The minimum Gasteiger partial charge on any atom is -0.378 e. The minimum absolute atomic E-state index is 0.0112. The van der Waals surface area contributed by atoms with Crippen LogP contribution < -0.4 is 16.4 Å². The van der Waals surface area contributed by atoms with Crippen molar-refractivity contribution in [1.29, 1.82) is 0 Å². The number of pyridine rings is 1. The van der Waals surface area contributed by atoms with Crippen molar-refractivity contribution in [3.63, 3.8) is 0 Å². The Morgan fingerprint density at radius 1 is 1.09 bits per heavy atom. The SMILES string of the molecule is CCC(=O)N1CCC(c2ccc(Nc3cc(N[C@H](C)c4ccccc4)c(C(N)=O)cn3)cc2)CC1. The third-order valence-electron chi connectivity index (χ3n) is 6.65. The number of nitrogens with one attached hydrogen (secondary N) is 2. The first-order valence-electron chi connectivity index (χ1n) is 12.2. The van der Waals surface area contributed by atoms with Gasteiger partial charge < -0.3 is 21.3 Å². The third kappa shape index (κ3) is 5.98. The van der Waals surface area contributed by atoms with Crippen LogP contribution in [-0.4, -0.2) is 34.8 Å². The summed E-state index contributed by atoms with van der Waals surface area (Å²) in [6.07, 6.45) is 4.05. The van der Waals surface area contributed by atoms with Gasteiger partial charge in [0, 0.05) is 43.5 Å². The molecule has 4 rings (SSSR count). The zero-order valence-electron chi connectivity index (χ0n) is 20.3. The van der Waals surface area contributed by atoms with Gasteiger partial charge in [0.2, 0.25) is 5.91 Å². The number of hydrogen-bond donors (Lipinski definition) is 3. The molecule has 1 atom stereocenters. The lowest BCUT2D eigenvalue weighted by Crippen LogP contribution is -2.37. The van der Waals surface area contributed by atoms with Gasteiger partial charge in [-0.1, -0.05) is 49.4 Å². The number of anilines is 3. The van der Waals surface area contributed by atoms with Crippen molar-refractivity contribution in [1.82, 2.24) is 9.88 Å². The van der Waals surface area contributed by atoms with Crippen molar-refractivity contribution in [2.45, 2.75) is 45.1 Å². The Bertz CT molecular complexity index is 1160. The standard InChI is InChI=1S/C28H33N5O2/c1-3-27(34)33-15-13-22(14-16-33)21-9-11-23(12-10-21)32-26-17-25(24(18-30-26)28(29)35)31-19(2)20-7-5-4-6-8-20/h4-12,17-19,22H,3,13-16H2,1-2H3,(H2,29,35)(H2,30,31,32)/t19-/m1/s1. The van der Waals surface area contributed by atoms with Crippen LogP contribution in [0.3, 0.4) is 0 Å². The molecule has 1 aliphatic rings. The van der Waals surface area contributed by atoms with E-state index in [4.69, 9.17) is 5.73 Å². The number of piperidine rings is 1. The number of nitrogens with two attached hydrogens (primary N) is 1. The van der Waals surface area contributed by atoms with Crippen LogP contribution in [0.4, 0.5) is 17.2 Å². The summed E-state index contributed by atoms with van der Waals surface area (Å²) in [7, 11) is 0. The average Bonchev–Trinajstić information content (AvgIpc) is 2.89. The molecule has 182 valence electrons. The molecule has 7 heteroatoms. The van der Waals surface area contributed by atoms with Crippen LogP contribution in [0.5, 0.6) is 0 Å². The number of aromatic nitrogens is 1. The normalized spacial score (nSPS) is 14.9. The molecule has 0 saturated carbocycles. The van der Waals surface area contributed by atoms with E-state index in [9.17, 15) is 9.59 Å². The summed E-state index contributed by atoms with van der Waals surface area (Å²) in [6, 6.07) is 20.2. The smallest absolute Gasteiger partial charge is 0.252 e. The molecule has 2 heterocycles. The maximum absolute atomic E-state index is 12.0. The highest BCUT2D eigenvalue weighted by molar-refractivity contribution is 5.98. The first kappa shape index (κ1) is 24.3. The summed E-state index contributed by atoms with van der Waals surface area (Å²) in [4.78, 5) is 30.3. The molecule has 2 amide bonds. The average molecular weight is 472 g/mol. The van der Waals surface area contributed by atoms with Gasteiger partial charge in [0.1, 0.15) is 5.82 Å². The van der Waals surface area contributed by atoms with E-state index in [-0.39, 0.29) is 11.9 Å². The molecule has 2 aromatic carbocycles. The van der Waals surface area contributed by atoms with Crippen molar-refractivity contribution >= 4 is 29.0 Å². The summed E-state index contributed by atoms with van der Waals surface area (Å²) in [5.74, 6) is 0.804. The molecule has 1 fully saturated rings. The summed E-state index contributed by atoms with van der Waals surface area (Å²) in [5.41, 5.74) is 9.88. The molecule has 0 aliphatic carbocycles. The molecule has 1 aromatic heterocycles. The quantitative estimate of drug-likeness (QED) is 0.419. The molecule has 1 saturated heterocycles. The maximum atomic E-state index is 12.0. The van der Waals surface area contributed by atoms with Gasteiger partial charge in [0.05, 0.1) is 11.3 Å². The van der Waals surface area contributed by atoms with Crippen LogP contribution >= 0.6 is 0 Å². The molecule has 0 radical (unpaired) electrons. The summed E-state index contributed by atoms with van der Waals surface area (Å²) < 4.78 is 0. The van der Waals surface area contributed by atoms with Crippen LogP contribution in [0.15, 0.2) is 66.9 Å². The fourth-order valence-electron chi connectivity index (χ4n) is 4.57. The number of rotatable bonds is 8. The van der Waals surface area contributed by atoms with Crippen molar-refractivity contribution < 1.29 is 9.59 Å². The van der Waals surface area contributed by atoms with Crippen molar-refractivity contribution in [3.8, 4) is 0 Å². The highest BCUT2D eigenvalue weighted by atomic mass is 16.2. The summed E-state index contributed by atoms with van der Waals surface area (Å²) in [6.45, 7) is 5.60. The Morgan fingerprint density at radius 3 is 2.40 bits per heavy atom. The first-order chi connectivity index (χ1) is 16.9. The molecule has 0 bridgehead atoms. The molecule has 0 unspecified atom stereocenters. The van der Waals surface area contributed by atoms with Gasteiger partial charge >= 0.3 is 0 Å². The molecule has 35 heavy (non-hydrogen) atoms. The zero-order valence-corrected chi connectivity index (χ0v) is 20.3. The number of carbonyl (C=O) groups excluding carboxylic acids is 2. The Labute approximate surface area is 206 Å². The van der Waals surface area contributed by atoms with Crippen LogP contribution in [0.1, 0.15) is 66.6 Å². The van der Waals surface area contributed by atoms with Crippen molar-refractivity contribution in [2.75, 3.05) is 23.7 Å². The number of nitrogens with zero attached hydrogens (tertiary/aromatic N) is 2. The molecule has 1 aliphatic heterocycles. The zero-order chi connectivity index (χ0) is 24.8. The van der Waals surface area contributed by atoms with Gasteiger partial charge in [-0.05, 0) is 48.9 Å². The summed E-state index contributed by atoms with van der Waals surface area (Å²) in [5, 5.41) is 6.72. The fourth-order valence-corrected chi connectivity index (χ4v) is 4.57. The third-order valence-corrected chi connectivity index (χ3v) is 6.65. The van der Waals surface area contributed by atoms with Gasteiger partial charge in [0.25, 0.3) is 5.91 Å². The Hall–Kier alpha value is -3.87. The maximum Gasteiger partial charge on any atom is 0.252 e. The van der Waals surface area contributed by atoms with Crippen LogP contribution in [0.25, 0.3) is 0 Å². The predicted octanol–water partition coefficient (Wildman–Crippen LogP) is 5.21. The summed E-state index contributed by atoms with van der Waals surface area (Å²) >= 11 is 0. The monoisotopic (exact) mass is 471 g/mol. The van der Waals surface area contributed by atoms with Crippen LogP contribution in [0, 0.1) is 0 Å². The van der Waals surface area contributed by atoms with Gasteiger partial charge in [0.15, 0.2) is 0 Å². The van der Waals surface area contributed by atoms with E-state index in [0.29, 0.717) is 29.4 Å². The molecule has 4 N–H and O–H groups in total. The Balaban J connectivity index is 1.44. The van der Waals surface area contributed by atoms with E-state index in [1.54, 1.807) is 0 Å². The van der Waals surface area contributed by atoms with E-state index >= 15 is 0 Å². The lowest BCUT2D eigenvalue weighted by atomic mass is 9.89. The second kappa shape index (κ2) is 11.0. The molecule has 7 nitrogen and oxygen atoms in total. The Morgan fingerprint density at radius 2 is 1.77 bits per heavy atom. The number of carbonyl (C=O) groups is 2. The lowest BCUT2D eigenvalue weighted by molar-refractivity contribution is -0.131. The molecular formula is C28H33N5O2. The number of primary amides is 1. The van der Waals surface area contributed by atoms with E-state index < -0.39 is 5.91 Å². The van der Waals surface area contributed by atoms with Gasteiger partial charge in [-0.2, -0.15) is 0 Å². The van der Waals surface area contributed by atoms with E-state index in [1.807, 2.05) is 67.3 Å². The second-order valence-corrected chi connectivity index (χ2v) is 9.01. The molecule has 3 aromatic rings. The van der Waals surface area contributed by atoms with E-state index in [1.165, 1.54) is 11.8 Å². The number of amides is 2. The number of hydrogen-bond acceptors (Lipinski definition) is 5.